The Labute approximate surface area is 142 Å². The molecular formula is C15H19N7OS. The number of hydrogen-bond donors (Lipinski definition) is 0. The number of aromatic nitrogens is 6. The summed E-state index contributed by atoms with van der Waals surface area (Å²) in [4.78, 5) is 24.0. The lowest BCUT2D eigenvalue weighted by Gasteiger charge is -2.23. The summed E-state index contributed by atoms with van der Waals surface area (Å²) in [5.74, 6) is 0. The standard InChI is InChI=1S/C15H19N7OS/c1-2-13-19-22-14(23)6-11(18-15(22)24-13)7-20-5-3-4-12(20)8-21-10-16-9-17-21/h6,9-10,12H,2-5,7-8H2,1H3/t12-/m0/s1. The molecule has 4 rings (SSSR count). The van der Waals surface area contributed by atoms with Gasteiger partial charge in [0.2, 0.25) is 4.96 Å². The molecule has 1 atom stereocenters. The number of nitrogens with zero attached hydrogens (tertiary/aromatic N) is 7. The highest BCUT2D eigenvalue weighted by molar-refractivity contribution is 7.16. The molecule has 0 unspecified atom stereocenters. The molecular weight excluding hydrogens is 326 g/mol. The SMILES string of the molecule is CCc1nn2c(=O)cc(CN3CCC[C@H]3Cn3cncn3)nc2s1. The van der Waals surface area contributed by atoms with Gasteiger partial charge in [-0.3, -0.25) is 14.4 Å². The van der Waals surface area contributed by atoms with Gasteiger partial charge in [0.1, 0.15) is 17.7 Å². The number of fused-ring (bicyclic) bond motifs is 1. The average Bonchev–Trinajstić information content (AvgIpc) is 3.29. The molecule has 4 heterocycles. The van der Waals surface area contributed by atoms with Crippen LogP contribution in [0.4, 0.5) is 0 Å². The molecule has 9 heteroatoms. The summed E-state index contributed by atoms with van der Waals surface area (Å²) in [6.07, 6.45) is 6.40. The van der Waals surface area contributed by atoms with E-state index in [-0.39, 0.29) is 5.56 Å². The lowest BCUT2D eigenvalue weighted by atomic mass is 10.2. The molecule has 1 saturated heterocycles. The molecule has 1 aliphatic heterocycles. The predicted octanol–water partition coefficient (Wildman–Crippen LogP) is 0.969. The smallest absolute Gasteiger partial charge is 0.275 e. The lowest BCUT2D eigenvalue weighted by Crippen LogP contribution is -2.33. The van der Waals surface area contributed by atoms with Crippen molar-refractivity contribution >= 4 is 16.3 Å². The Bertz CT molecular complexity index is 885. The van der Waals surface area contributed by atoms with E-state index in [2.05, 4.69) is 25.1 Å². The van der Waals surface area contributed by atoms with Crippen molar-refractivity contribution in [3.8, 4) is 0 Å². The Hall–Kier alpha value is -2.13. The van der Waals surface area contributed by atoms with Gasteiger partial charge >= 0.3 is 0 Å². The van der Waals surface area contributed by atoms with E-state index in [1.165, 1.54) is 15.9 Å². The van der Waals surface area contributed by atoms with Crippen LogP contribution in [0.15, 0.2) is 23.5 Å². The number of aryl methyl sites for hydroxylation is 1. The van der Waals surface area contributed by atoms with Gasteiger partial charge in [-0.05, 0) is 25.8 Å². The van der Waals surface area contributed by atoms with Gasteiger partial charge in [-0.1, -0.05) is 18.3 Å². The summed E-state index contributed by atoms with van der Waals surface area (Å²) in [5, 5.41) is 9.42. The zero-order chi connectivity index (χ0) is 16.5. The third-order valence-electron chi connectivity index (χ3n) is 4.37. The van der Waals surface area contributed by atoms with E-state index >= 15 is 0 Å². The fourth-order valence-electron chi connectivity index (χ4n) is 3.18. The van der Waals surface area contributed by atoms with Gasteiger partial charge < -0.3 is 0 Å². The van der Waals surface area contributed by atoms with E-state index in [0.717, 1.165) is 43.1 Å². The van der Waals surface area contributed by atoms with E-state index < -0.39 is 0 Å². The van der Waals surface area contributed by atoms with Crippen molar-refractivity contribution in [2.75, 3.05) is 6.54 Å². The van der Waals surface area contributed by atoms with Crippen LogP contribution in [-0.2, 0) is 19.5 Å². The first-order valence-corrected chi connectivity index (χ1v) is 8.99. The first-order valence-electron chi connectivity index (χ1n) is 8.18. The molecule has 0 spiro atoms. The summed E-state index contributed by atoms with van der Waals surface area (Å²) < 4.78 is 3.27. The van der Waals surface area contributed by atoms with Crippen molar-refractivity contribution in [3.05, 3.63) is 39.8 Å². The maximum absolute atomic E-state index is 12.3. The minimum Gasteiger partial charge on any atom is -0.293 e. The van der Waals surface area contributed by atoms with Crippen LogP contribution in [0.1, 0.15) is 30.5 Å². The van der Waals surface area contributed by atoms with E-state index in [1.807, 2.05) is 11.6 Å². The minimum absolute atomic E-state index is 0.0991. The molecule has 1 fully saturated rings. The maximum atomic E-state index is 12.3. The molecule has 0 radical (unpaired) electrons. The first-order chi connectivity index (χ1) is 11.7. The lowest BCUT2D eigenvalue weighted by molar-refractivity contribution is 0.216. The number of rotatable bonds is 5. The van der Waals surface area contributed by atoms with E-state index in [0.29, 0.717) is 17.5 Å². The normalized spacial score (nSPS) is 18.6. The highest BCUT2D eigenvalue weighted by atomic mass is 32.1. The van der Waals surface area contributed by atoms with Crippen LogP contribution < -0.4 is 5.56 Å². The second kappa shape index (κ2) is 6.40. The maximum Gasteiger partial charge on any atom is 0.275 e. The van der Waals surface area contributed by atoms with Gasteiger partial charge in [0.15, 0.2) is 0 Å². The minimum atomic E-state index is -0.0991. The van der Waals surface area contributed by atoms with E-state index in [9.17, 15) is 4.79 Å². The highest BCUT2D eigenvalue weighted by Crippen LogP contribution is 2.21. The van der Waals surface area contributed by atoms with Crippen LogP contribution in [0, 0.1) is 0 Å². The van der Waals surface area contributed by atoms with Crippen molar-refractivity contribution < 1.29 is 0 Å². The number of likely N-dealkylation sites (tertiary alicyclic amines) is 1. The summed E-state index contributed by atoms with van der Waals surface area (Å²) in [5.41, 5.74) is 0.717. The molecule has 0 aromatic carbocycles. The predicted molar refractivity (Wildman–Crippen MR) is 90.0 cm³/mol. The summed E-state index contributed by atoms with van der Waals surface area (Å²) in [6.45, 7) is 4.55. The van der Waals surface area contributed by atoms with E-state index in [4.69, 9.17) is 0 Å². The fraction of sp³-hybridized carbons (Fsp3) is 0.533. The average molecular weight is 345 g/mol. The molecule has 24 heavy (non-hydrogen) atoms. The largest absolute Gasteiger partial charge is 0.293 e. The van der Waals surface area contributed by atoms with Gasteiger partial charge in [-0.15, -0.1) is 0 Å². The van der Waals surface area contributed by atoms with E-state index in [1.54, 1.807) is 18.7 Å². The summed E-state index contributed by atoms with van der Waals surface area (Å²) in [6, 6.07) is 2.01. The molecule has 0 N–H and O–H groups in total. The van der Waals surface area contributed by atoms with Crippen LogP contribution in [0.5, 0.6) is 0 Å². The molecule has 3 aromatic rings. The summed E-state index contributed by atoms with van der Waals surface area (Å²) >= 11 is 1.49. The van der Waals surface area contributed by atoms with Gasteiger partial charge in [0.25, 0.3) is 5.56 Å². The molecule has 0 saturated carbocycles. The monoisotopic (exact) mass is 345 g/mol. The second-order valence-electron chi connectivity index (χ2n) is 6.01. The molecule has 0 aliphatic carbocycles. The highest BCUT2D eigenvalue weighted by Gasteiger charge is 2.25. The fourth-order valence-corrected chi connectivity index (χ4v) is 4.04. The molecule has 0 amide bonds. The summed E-state index contributed by atoms with van der Waals surface area (Å²) in [7, 11) is 0. The Kier molecular flexibility index (Phi) is 4.11. The van der Waals surface area contributed by atoms with Crippen molar-refractivity contribution in [3.63, 3.8) is 0 Å². The van der Waals surface area contributed by atoms with Crippen molar-refractivity contribution in [2.45, 2.75) is 45.3 Å². The Morgan fingerprint density at radius 1 is 1.42 bits per heavy atom. The second-order valence-corrected chi connectivity index (χ2v) is 7.05. The van der Waals surface area contributed by atoms with Crippen LogP contribution >= 0.6 is 11.3 Å². The zero-order valence-corrected chi connectivity index (χ0v) is 14.3. The Balaban J connectivity index is 1.55. The first kappa shape index (κ1) is 15.4. The van der Waals surface area contributed by atoms with Crippen LogP contribution in [0.3, 0.4) is 0 Å². The quantitative estimate of drug-likeness (QED) is 0.685. The van der Waals surface area contributed by atoms with Gasteiger partial charge in [0, 0.05) is 18.7 Å². The van der Waals surface area contributed by atoms with Gasteiger partial charge in [-0.25, -0.2) is 9.97 Å². The molecule has 0 bridgehead atoms. The third kappa shape index (κ3) is 2.96. The molecule has 126 valence electrons. The molecule has 8 nitrogen and oxygen atoms in total. The number of hydrogen-bond acceptors (Lipinski definition) is 7. The van der Waals surface area contributed by atoms with Gasteiger partial charge in [-0.2, -0.15) is 14.7 Å². The third-order valence-corrected chi connectivity index (χ3v) is 5.42. The van der Waals surface area contributed by atoms with Crippen LogP contribution in [-0.4, -0.2) is 46.8 Å². The molecule has 1 aliphatic rings. The Morgan fingerprint density at radius 3 is 3.12 bits per heavy atom. The van der Waals surface area contributed by atoms with Crippen molar-refractivity contribution in [2.24, 2.45) is 0 Å². The van der Waals surface area contributed by atoms with Crippen LogP contribution in [0.2, 0.25) is 0 Å². The van der Waals surface area contributed by atoms with Crippen molar-refractivity contribution in [1.29, 1.82) is 0 Å². The zero-order valence-electron chi connectivity index (χ0n) is 13.5. The molecule has 3 aromatic heterocycles. The van der Waals surface area contributed by atoms with Gasteiger partial charge in [0.05, 0.1) is 12.2 Å². The van der Waals surface area contributed by atoms with Crippen molar-refractivity contribution in [1.82, 2.24) is 34.3 Å². The van der Waals surface area contributed by atoms with Crippen LogP contribution in [0.25, 0.3) is 4.96 Å². The topological polar surface area (TPSA) is 81.2 Å². The Morgan fingerprint density at radius 2 is 2.33 bits per heavy atom.